The summed E-state index contributed by atoms with van der Waals surface area (Å²) >= 11 is 0. The van der Waals surface area contributed by atoms with E-state index in [2.05, 4.69) is 5.32 Å². The second-order valence-electron chi connectivity index (χ2n) is 7.70. The molecule has 1 fully saturated rings. The van der Waals surface area contributed by atoms with Crippen LogP contribution in [0.5, 0.6) is 5.75 Å². The van der Waals surface area contributed by atoms with Gasteiger partial charge in [0.15, 0.2) is 0 Å². The molecule has 1 heterocycles. The van der Waals surface area contributed by atoms with E-state index in [1.165, 1.54) is 16.4 Å². The summed E-state index contributed by atoms with van der Waals surface area (Å²) in [5, 5.41) is 2.66. The number of ether oxygens (including phenoxy) is 1. The van der Waals surface area contributed by atoms with E-state index in [9.17, 15) is 13.2 Å². The number of hydrogen-bond acceptors (Lipinski definition) is 4. The van der Waals surface area contributed by atoms with Crippen molar-refractivity contribution in [1.29, 1.82) is 0 Å². The molecule has 6 nitrogen and oxygen atoms in total. The summed E-state index contributed by atoms with van der Waals surface area (Å²) in [5.41, 5.74) is 2.43. The van der Waals surface area contributed by atoms with Crippen LogP contribution in [0.2, 0.25) is 0 Å². The monoisotopic (exact) mass is 416 g/mol. The van der Waals surface area contributed by atoms with Gasteiger partial charge in [-0.05, 0) is 67.1 Å². The van der Waals surface area contributed by atoms with Gasteiger partial charge in [0.1, 0.15) is 5.75 Å². The van der Waals surface area contributed by atoms with E-state index >= 15 is 0 Å². The number of benzene rings is 2. The van der Waals surface area contributed by atoms with E-state index in [1.54, 1.807) is 12.1 Å². The van der Waals surface area contributed by atoms with Gasteiger partial charge in [-0.15, -0.1) is 0 Å². The third-order valence-corrected chi connectivity index (χ3v) is 6.96. The molecular formula is C22H28N2O4S. The van der Waals surface area contributed by atoms with Crippen LogP contribution in [0.1, 0.15) is 50.2 Å². The third kappa shape index (κ3) is 5.16. The first kappa shape index (κ1) is 21.3. The lowest BCUT2D eigenvalue weighted by molar-refractivity contribution is 0.214. The van der Waals surface area contributed by atoms with Gasteiger partial charge < -0.3 is 4.74 Å². The molecule has 0 spiro atoms. The molecule has 0 aromatic heterocycles. The summed E-state index contributed by atoms with van der Waals surface area (Å²) in [7, 11) is -3.49. The number of anilines is 1. The first-order valence-corrected chi connectivity index (χ1v) is 11.4. The van der Waals surface area contributed by atoms with Crippen LogP contribution in [-0.2, 0) is 10.0 Å². The molecule has 0 bridgehead atoms. The molecule has 0 atom stereocenters. The fraction of sp³-hybridized carbons (Fsp3) is 0.409. The normalized spacial score (nSPS) is 15.3. The molecule has 1 N–H and O–H groups in total. The van der Waals surface area contributed by atoms with Crippen LogP contribution in [0.3, 0.4) is 0 Å². The Labute approximate surface area is 172 Å². The first-order valence-electron chi connectivity index (χ1n) is 9.97. The number of carbonyl (C=O) groups is 1. The summed E-state index contributed by atoms with van der Waals surface area (Å²) in [6, 6.07) is 12.0. The summed E-state index contributed by atoms with van der Waals surface area (Å²) in [4.78, 5) is 12.6. The number of aryl methyl sites for hydroxylation is 1. The Bertz CT molecular complexity index is 963. The number of piperidine rings is 1. The number of sulfonamides is 1. The molecule has 2 aromatic carbocycles. The van der Waals surface area contributed by atoms with Crippen molar-refractivity contribution in [2.24, 2.45) is 0 Å². The van der Waals surface area contributed by atoms with Crippen molar-refractivity contribution >= 4 is 21.8 Å². The van der Waals surface area contributed by atoms with E-state index < -0.39 is 16.1 Å². The van der Waals surface area contributed by atoms with E-state index in [4.69, 9.17) is 4.74 Å². The quantitative estimate of drug-likeness (QED) is 0.752. The zero-order valence-electron chi connectivity index (χ0n) is 17.1. The predicted octanol–water partition coefficient (Wildman–Crippen LogP) is 4.90. The fourth-order valence-electron chi connectivity index (χ4n) is 3.41. The molecule has 156 valence electrons. The molecule has 3 rings (SSSR count). The van der Waals surface area contributed by atoms with Gasteiger partial charge in [0.05, 0.1) is 4.90 Å². The molecule has 0 radical (unpaired) electrons. The van der Waals surface area contributed by atoms with Gasteiger partial charge in [-0.25, -0.2) is 13.2 Å². The van der Waals surface area contributed by atoms with Gasteiger partial charge in [-0.1, -0.05) is 32.4 Å². The zero-order valence-corrected chi connectivity index (χ0v) is 18.0. The van der Waals surface area contributed by atoms with Crippen molar-refractivity contribution < 1.29 is 17.9 Å². The molecule has 0 saturated carbocycles. The molecule has 2 aromatic rings. The number of carbonyl (C=O) groups excluding carboxylic acids is 1. The highest BCUT2D eigenvalue weighted by atomic mass is 32.2. The SMILES string of the molecule is Cc1ccc(C(C)C)c(OC(=O)Nc2ccc(S(=O)(=O)N3CCCCC3)cc2)c1. The van der Waals surface area contributed by atoms with E-state index in [-0.39, 0.29) is 10.8 Å². The zero-order chi connectivity index (χ0) is 21.0. The highest BCUT2D eigenvalue weighted by Crippen LogP contribution is 2.28. The second kappa shape index (κ2) is 8.97. The molecule has 29 heavy (non-hydrogen) atoms. The lowest BCUT2D eigenvalue weighted by Gasteiger charge is -2.25. The average molecular weight is 417 g/mol. The molecule has 0 unspecified atom stereocenters. The topological polar surface area (TPSA) is 75.7 Å². The smallest absolute Gasteiger partial charge is 0.410 e. The van der Waals surface area contributed by atoms with Crippen LogP contribution < -0.4 is 10.1 Å². The lowest BCUT2D eigenvalue weighted by Crippen LogP contribution is -2.35. The van der Waals surface area contributed by atoms with Crippen LogP contribution in [0.4, 0.5) is 10.5 Å². The average Bonchev–Trinajstić information content (AvgIpc) is 2.69. The summed E-state index contributed by atoms with van der Waals surface area (Å²) in [5.74, 6) is 0.750. The summed E-state index contributed by atoms with van der Waals surface area (Å²) in [6.45, 7) is 7.14. The van der Waals surface area contributed by atoms with Gasteiger partial charge in [-0.3, -0.25) is 5.32 Å². The summed E-state index contributed by atoms with van der Waals surface area (Å²) < 4.78 is 32.5. The van der Waals surface area contributed by atoms with Crippen molar-refractivity contribution in [2.75, 3.05) is 18.4 Å². The minimum absolute atomic E-state index is 0.220. The second-order valence-corrected chi connectivity index (χ2v) is 9.64. The van der Waals surface area contributed by atoms with Crippen molar-refractivity contribution in [3.05, 3.63) is 53.6 Å². The first-order chi connectivity index (χ1) is 13.8. The molecule has 1 saturated heterocycles. The van der Waals surface area contributed by atoms with E-state index in [1.807, 2.05) is 39.0 Å². The number of hydrogen-bond donors (Lipinski definition) is 1. The van der Waals surface area contributed by atoms with Gasteiger partial charge in [0.2, 0.25) is 10.0 Å². The number of rotatable bonds is 5. The van der Waals surface area contributed by atoms with Crippen LogP contribution in [0.15, 0.2) is 47.4 Å². The van der Waals surface area contributed by atoms with Crippen molar-refractivity contribution in [1.82, 2.24) is 4.31 Å². The number of nitrogens with one attached hydrogen (secondary N) is 1. The van der Waals surface area contributed by atoms with Crippen LogP contribution >= 0.6 is 0 Å². The maximum atomic E-state index is 12.7. The molecule has 1 aliphatic heterocycles. The molecule has 7 heteroatoms. The van der Waals surface area contributed by atoms with Crippen LogP contribution in [0, 0.1) is 6.92 Å². The van der Waals surface area contributed by atoms with Gasteiger partial charge >= 0.3 is 6.09 Å². The summed E-state index contributed by atoms with van der Waals surface area (Å²) in [6.07, 6.45) is 2.24. The Hall–Kier alpha value is -2.38. The molecular weight excluding hydrogens is 388 g/mol. The molecule has 1 aliphatic rings. The van der Waals surface area contributed by atoms with Crippen molar-refractivity contribution in [3.63, 3.8) is 0 Å². The maximum Gasteiger partial charge on any atom is 0.417 e. The lowest BCUT2D eigenvalue weighted by atomic mass is 10.0. The fourth-order valence-corrected chi connectivity index (χ4v) is 4.93. The van der Waals surface area contributed by atoms with Gasteiger partial charge in [-0.2, -0.15) is 4.31 Å². The van der Waals surface area contributed by atoms with E-state index in [0.717, 1.165) is 30.4 Å². The van der Waals surface area contributed by atoms with Crippen LogP contribution in [-0.4, -0.2) is 31.9 Å². The van der Waals surface area contributed by atoms with Crippen molar-refractivity contribution in [3.8, 4) is 5.75 Å². The maximum absolute atomic E-state index is 12.7. The minimum Gasteiger partial charge on any atom is -0.410 e. The third-order valence-electron chi connectivity index (χ3n) is 5.05. The Balaban J connectivity index is 1.68. The van der Waals surface area contributed by atoms with Crippen molar-refractivity contribution in [2.45, 2.75) is 50.8 Å². The highest BCUT2D eigenvalue weighted by molar-refractivity contribution is 7.89. The standard InChI is InChI=1S/C22H28N2O4S/c1-16(2)20-12-7-17(3)15-21(20)28-22(25)23-18-8-10-19(11-9-18)29(26,27)24-13-5-4-6-14-24/h7-12,15-16H,4-6,13-14H2,1-3H3,(H,23,25). The Morgan fingerprint density at radius 2 is 1.69 bits per heavy atom. The molecule has 1 amide bonds. The predicted molar refractivity (Wildman–Crippen MR) is 114 cm³/mol. The largest absolute Gasteiger partial charge is 0.417 e. The van der Waals surface area contributed by atoms with Gasteiger partial charge in [0.25, 0.3) is 0 Å². The van der Waals surface area contributed by atoms with Crippen LogP contribution in [0.25, 0.3) is 0 Å². The van der Waals surface area contributed by atoms with Gasteiger partial charge in [0, 0.05) is 18.8 Å². The van der Waals surface area contributed by atoms with E-state index in [0.29, 0.717) is 24.5 Å². The Morgan fingerprint density at radius 3 is 2.31 bits per heavy atom. The highest BCUT2D eigenvalue weighted by Gasteiger charge is 2.25. The number of nitrogens with zero attached hydrogens (tertiary/aromatic N) is 1. The number of amides is 1. The minimum atomic E-state index is -3.49. The molecule has 0 aliphatic carbocycles. The Morgan fingerprint density at radius 1 is 1.03 bits per heavy atom. The Kier molecular flexibility index (Phi) is 6.59.